The van der Waals surface area contributed by atoms with Crippen LogP contribution in [0.3, 0.4) is 0 Å². The molecule has 0 saturated heterocycles. The minimum absolute atomic E-state index is 0.0958. The molecular weight excluding hydrogens is 436 g/mol. The third-order valence-electron chi connectivity index (χ3n) is 7.17. The van der Waals surface area contributed by atoms with Gasteiger partial charge in [0.2, 0.25) is 0 Å². The van der Waals surface area contributed by atoms with Gasteiger partial charge < -0.3 is 9.72 Å². The first-order valence-electron chi connectivity index (χ1n) is 11.8. The van der Waals surface area contributed by atoms with Gasteiger partial charge >= 0.3 is 5.97 Å². The van der Waals surface area contributed by atoms with Crippen LogP contribution in [0.1, 0.15) is 73.1 Å². The molecule has 0 amide bonds. The fraction of sp³-hybridized carbons (Fsp3) is 0.370. The molecule has 4 aromatic rings. The number of halogens is 2. The molecule has 5 rings (SSSR count). The van der Waals surface area contributed by atoms with Crippen molar-refractivity contribution >= 4 is 27.9 Å². The fourth-order valence-corrected chi connectivity index (χ4v) is 5.28. The molecule has 1 unspecified atom stereocenters. The Morgan fingerprint density at radius 1 is 1.12 bits per heavy atom. The van der Waals surface area contributed by atoms with E-state index in [2.05, 4.69) is 21.9 Å². The molecular formula is C27H27F2N3O2. The van der Waals surface area contributed by atoms with Crippen molar-refractivity contribution in [2.45, 2.75) is 51.4 Å². The number of carbonyl (C=O) groups is 1. The molecule has 2 aromatic carbocycles. The van der Waals surface area contributed by atoms with E-state index in [9.17, 15) is 13.6 Å². The van der Waals surface area contributed by atoms with E-state index in [-0.39, 0.29) is 23.9 Å². The summed E-state index contributed by atoms with van der Waals surface area (Å²) >= 11 is 0. The zero-order valence-corrected chi connectivity index (χ0v) is 19.3. The number of fused-ring (bicyclic) bond motifs is 2. The molecule has 0 bridgehead atoms. The van der Waals surface area contributed by atoms with E-state index in [1.807, 2.05) is 12.3 Å². The van der Waals surface area contributed by atoms with Crippen LogP contribution in [0, 0.1) is 17.6 Å². The number of aromatic nitrogens is 3. The maximum atomic E-state index is 14.4. The van der Waals surface area contributed by atoms with Crippen molar-refractivity contribution in [1.29, 1.82) is 0 Å². The number of hydrogen-bond acceptors (Lipinski definition) is 4. The van der Waals surface area contributed by atoms with Crippen molar-refractivity contribution in [1.82, 2.24) is 15.0 Å². The molecule has 5 nitrogen and oxygen atoms in total. The lowest BCUT2D eigenvalue weighted by atomic mass is 9.73. The lowest BCUT2D eigenvalue weighted by Crippen LogP contribution is -2.19. The topological polar surface area (TPSA) is 67.9 Å². The van der Waals surface area contributed by atoms with Crippen LogP contribution in [0.15, 0.2) is 42.6 Å². The zero-order chi connectivity index (χ0) is 23.8. The van der Waals surface area contributed by atoms with Crippen molar-refractivity contribution < 1.29 is 18.3 Å². The van der Waals surface area contributed by atoms with Gasteiger partial charge in [-0.05, 0) is 80.3 Å². The molecule has 1 saturated carbocycles. The van der Waals surface area contributed by atoms with Crippen molar-refractivity contribution in [3.05, 3.63) is 71.2 Å². The summed E-state index contributed by atoms with van der Waals surface area (Å²) in [5.41, 5.74) is 3.03. The molecule has 176 valence electrons. The Balaban J connectivity index is 1.33. The highest BCUT2D eigenvalue weighted by Crippen LogP contribution is 2.43. The van der Waals surface area contributed by atoms with E-state index >= 15 is 0 Å². The highest BCUT2D eigenvalue weighted by molar-refractivity contribution is 5.94. The quantitative estimate of drug-likeness (QED) is 0.337. The Bertz CT molecular complexity index is 1360. The molecule has 1 N–H and O–H groups in total. The number of hydrogen-bond donors (Lipinski definition) is 1. The number of H-pyrrole nitrogens is 1. The van der Waals surface area contributed by atoms with Gasteiger partial charge in [0, 0.05) is 23.6 Å². The second kappa shape index (κ2) is 9.12. The van der Waals surface area contributed by atoms with Gasteiger partial charge in [0.05, 0.1) is 28.7 Å². The average molecular weight is 464 g/mol. The molecule has 0 radical (unpaired) electrons. The van der Waals surface area contributed by atoms with Crippen LogP contribution < -0.4 is 0 Å². The summed E-state index contributed by atoms with van der Waals surface area (Å²) < 4.78 is 33.2. The largest absolute Gasteiger partial charge is 0.462 e. The number of nitrogens with zero attached hydrogens (tertiary/aromatic N) is 2. The number of carbonyl (C=O) groups excluding carboxylic acids is 1. The molecule has 34 heavy (non-hydrogen) atoms. The highest BCUT2D eigenvalue weighted by Gasteiger charge is 2.29. The summed E-state index contributed by atoms with van der Waals surface area (Å²) in [5.74, 6) is 0.223. The van der Waals surface area contributed by atoms with E-state index in [1.165, 1.54) is 23.8 Å². The van der Waals surface area contributed by atoms with E-state index in [0.717, 1.165) is 42.4 Å². The minimum Gasteiger partial charge on any atom is -0.462 e. The van der Waals surface area contributed by atoms with Crippen LogP contribution >= 0.6 is 0 Å². The number of aromatic amines is 1. The number of nitrogens with one attached hydrogen (secondary N) is 1. The van der Waals surface area contributed by atoms with Crippen molar-refractivity contribution in [2.75, 3.05) is 6.61 Å². The molecule has 2 heterocycles. The maximum Gasteiger partial charge on any atom is 0.341 e. The first-order valence-corrected chi connectivity index (χ1v) is 11.8. The van der Waals surface area contributed by atoms with Gasteiger partial charge in [-0.2, -0.15) is 0 Å². The van der Waals surface area contributed by atoms with Crippen LogP contribution in [0.5, 0.6) is 0 Å². The predicted octanol–water partition coefficient (Wildman–Crippen LogP) is 6.64. The number of esters is 1. The van der Waals surface area contributed by atoms with Crippen LogP contribution in [-0.2, 0) is 4.74 Å². The van der Waals surface area contributed by atoms with Gasteiger partial charge in [-0.3, -0.25) is 4.98 Å². The Kier molecular flexibility index (Phi) is 6.02. The Labute approximate surface area is 196 Å². The summed E-state index contributed by atoms with van der Waals surface area (Å²) in [5, 5.41) is 0.899. The Morgan fingerprint density at radius 3 is 2.68 bits per heavy atom. The monoisotopic (exact) mass is 463 g/mol. The molecule has 7 heteroatoms. The van der Waals surface area contributed by atoms with Crippen LogP contribution in [0.4, 0.5) is 8.78 Å². The third kappa shape index (κ3) is 4.15. The molecule has 1 atom stereocenters. The first kappa shape index (κ1) is 22.4. The lowest BCUT2D eigenvalue weighted by molar-refractivity contribution is 0.0521. The lowest BCUT2D eigenvalue weighted by Gasteiger charge is -2.32. The summed E-state index contributed by atoms with van der Waals surface area (Å²) in [6, 6.07) is 9.57. The molecule has 2 aromatic heterocycles. The Morgan fingerprint density at radius 2 is 1.91 bits per heavy atom. The molecule has 1 aliphatic carbocycles. The molecule has 1 fully saturated rings. The first-order chi connectivity index (χ1) is 16.4. The summed E-state index contributed by atoms with van der Waals surface area (Å²) in [7, 11) is 0. The van der Waals surface area contributed by atoms with E-state index in [1.54, 1.807) is 19.1 Å². The van der Waals surface area contributed by atoms with Crippen molar-refractivity contribution in [2.24, 2.45) is 5.92 Å². The van der Waals surface area contributed by atoms with E-state index < -0.39 is 11.8 Å². The third-order valence-corrected chi connectivity index (χ3v) is 7.17. The summed E-state index contributed by atoms with van der Waals surface area (Å²) in [6.45, 7) is 4.02. The fourth-order valence-electron chi connectivity index (χ4n) is 5.28. The predicted molar refractivity (Wildman–Crippen MR) is 127 cm³/mol. The SMILES string of the molecule is CCOC(=O)c1cc2nc(C(C)C3CCC(c4ccnc5ccc(F)cc45)CC3)[nH]c2cc1F. The van der Waals surface area contributed by atoms with E-state index in [0.29, 0.717) is 22.9 Å². The van der Waals surface area contributed by atoms with Crippen LogP contribution in [0.25, 0.3) is 21.9 Å². The number of benzene rings is 2. The van der Waals surface area contributed by atoms with Gasteiger partial charge in [-0.25, -0.2) is 18.6 Å². The average Bonchev–Trinajstić information content (AvgIpc) is 3.25. The van der Waals surface area contributed by atoms with Gasteiger partial charge in [-0.15, -0.1) is 0 Å². The van der Waals surface area contributed by atoms with E-state index in [4.69, 9.17) is 4.74 Å². The standard InChI is InChI=1S/C27H27F2N3O2/c1-3-34-27(33)21-13-24-25(14-22(21)29)32-26(31-24)15(2)16-4-6-17(7-5-16)19-10-11-30-23-9-8-18(28)12-20(19)23/h8-17H,3-7H2,1-2H3,(H,31,32). The summed E-state index contributed by atoms with van der Waals surface area (Å²) in [6.07, 6.45) is 5.86. The number of imidazole rings is 1. The zero-order valence-electron chi connectivity index (χ0n) is 19.3. The van der Waals surface area contributed by atoms with Crippen molar-refractivity contribution in [3.8, 4) is 0 Å². The molecule has 0 spiro atoms. The number of ether oxygens (including phenoxy) is 1. The highest BCUT2D eigenvalue weighted by atomic mass is 19.1. The van der Waals surface area contributed by atoms with Gasteiger partial charge in [0.25, 0.3) is 0 Å². The number of rotatable bonds is 5. The van der Waals surface area contributed by atoms with Crippen molar-refractivity contribution in [3.63, 3.8) is 0 Å². The van der Waals surface area contributed by atoms with Crippen LogP contribution in [0.2, 0.25) is 0 Å². The maximum absolute atomic E-state index is 14.4. The molecule has 1 aliphatic rings. The van der Waals surface area contributed by atoms with Crippen LogP contribution in [-0.4, -0.2) is 27.5 Å². The van der Waals surface area contributed by atoms with Gasteiger partial charge in [0.15, 0.2) is 0 Å². The van der Waals surface area contributed by atoms with Gasteiger partial charge in [0.1, 0.15) is 17.5 Å². The second-order valence-corrected chi connectivity index (χ2v) is 9.15. The minimum atomic E-state index is -0.679. The Hall–Kier alpha value is -3.35. The van der Waals surface area contributed by atoms with Gasteiger partial charge in [-0.1, -0.05) is 6.92 Å². The summed E-state index contributed by atoms with van der Waals surface area (Å²) in [4.78, 5) is 24.3. The normalized spacial score (nSPS) is 19.4. The second-order valence-electron chi connectivity index (χ2n) is 9.15. The smallest absolute Gasteiger partial charge is 0.341 e. The molecule has 0 aliphatic heterocycles. The number of pyridine rings is 1.